The molecular formula is C10H13ClN2O. The number of aromatic nitrogens is 2. The van der Waals surface area contributed by atoms with Crippen molar-refractivity contribution in [1.82, 2.24) is 9.97 Å². The van der Waals surface area contributed by atoms with E-state index in [-0.39, 0.29) is 5.28 Å². The Kier molecular flexibility index (Phi) is 4.40. The summed E-state index contributed by atoms with van der Waals surface area (Å²) in [5.41, 5.74) is 0.809. The van der Waals surface area contributed by atoms with Gasteiger partial charge in [0, 0.05) is 11.8 Å². The number of nitrogens with zero attached hydrogens (tertiary/aromatic N) is 2. The molecule has 0 aromatic carbocycles. The maximum absolute atomic E-state index is 5.67. The van der Waals surface area contributed by atoms with Gasteiger partial charge in [0.1, 0.15) is 0 Å². The Morgan fingerprint density at radius 3 is 3.00 bits per heavy atom. The lowest BCUT2D eigenvalue weighted by Gasteiger charge is -2.04. The molecule has 14 heavy (non-hydrogen) atoms. The van der Waals surface area contributed by atoms with E-state index >= 15 is 0 Å². The Morgan fingerprint density at radius 1 is 1.57 bits per heavy atom. The highest BCUT2D eigenvalue weighted by Gasteiger charge is 1.99. The molecule has 76 valence electrons. The highest BCUT2D eigenvalue weighted by atomic mass is 35.5. The summed E-state index contributed by atoms with van der Waals surface area (Å²) < 4.78 is 5.39. The van der Waals surface area contributed by atoms with Crippen molar-refractivity contribution in [3.8, 4) is 5.88 Å². The van der Waals surface area contributed by atoms with Crippen molar-refractivity contribution in [2.75, 3.05) is 6.61 Å². The van der Waals surface area contributed by atoms with Crippen LogP contribution in [0.5, 0.6) is 5.88 Å². The first kappa shape index (κ1) is 11.0. The largest absolute Gasteiger partial charge is 0.478 e. The number of hydrogen-bond donors (Lipinski definition) is 0. The van der Waals surface area contributed by atoms with E-state index in [1.54, 1.807) is 6.07 Å². The summed E-state index contributed by atoms with van der Waals surface area (Å²) >= 11 is 5.67. The Labute approximate surface area is 88.8 Å². The lowest BCUT2D eigenvalue weighted by atomic mass is 10.3. The summed E-state index contributed by atoms with van der Waals surface area (Å²) in [6, 6.07) is 1.76. The third-order valence-electron chi connectivity index (χ3n) is 1.61. The van der Waals surface area contributed by atoms with Crippen LogP contribution in [-0.4, -0.2) is 16.6 Å². The molecule has 0 atom stereocenters. The van der Waals surface area contributed by atoms with Crippen molar-refractivity contribution in [2.45, 2.75) is 19.8 Å². The van der Waals surface area contributed by atoms with Gasteiger partial charge >= 0.3 is 0 Å². The third-order valence-corrected chi connectivity index (χ3v) is 1.77. The molecule has 1 heterocycles. The van der Waals surface area contributed by atoms with Gasteiger partial charge in [0.25, 0.3) is 0 Å². The molecule has 0 aliphatic rings. The number of unbranched alkanes of at least 4 members (excludes halogenated alkanes) is 1. The average molecular weight is 213 g/mol. The maximum atomic E-state index is 5.67. The fraction of sp³-hybridized carbons (Fsp3) is 0.400. The van der Waals surface area contributed by atoms with Gasteiger partial charge in [-0.05, 0) is 31.4 Å². The number of aryl methyl sites for hydroxylation is 1. The van der Waals surface area contributed by atoms with Gasteiger partial charge in [-0.15, -0.1) is 6.58 Å². The van der Waals surface area contributed by atoms with Crippen LogP contribution in [0.2, 0.25) is 5.28 Å². The molecule has 0 aliphatic carbocycles. The lowest BCUT2D eigenvalue weighted by Crippen LogP contribution is -2.00. The fourth-order valence-electron chi connectivity index (χ4n) is 0.983. The third kappa shape index (κ3) is 3.75. The Morgan fingerprint density at radius 2 is 2.36 bits per heavy atom. The molecule has 0 radical (unpaired) electrons. The van der Waals surface area contributed by atoms with Gasteiger partial charge < -0.3 is 4.74 Å². The van der Waals surface area contributed by atoms with Crippen LogP contribution < -0.4 is 4.74 Å². The van der Waals surface area contributed by atoms with E-state index in [9.17, 15) is 0 Å². The molecule has 0 fully saturated rings. The van der Waals surface area contributed by atoms with Gasteiger partial charge in [0.2, 0.25) is 11.2 Å². The quantitative estimate of drug-likeness (QED) is 0.428. The molecule has 1 aromatic heterocycles. The molecule has 0 aliphatic heterocycles. The summed E-state index contributed by atoms with van der Waals surface area (Å²) in [5, 5.41) is 0.226. The smallest absolute Gasteiger partial charge is 0.225 e. The van der Waals surface area contributed by atoms with Crippen molar-refractivity contribution in [2.24, 2.45) is 0 Å². The van der Waals surface area contributed by atoms with Gasteiger partial charge in [-0.1, -0.05) is 6.08 Å². The molecule has 1 rings (SSSR count). The first-order valence-electron chi connectivity index (χ1n) is 4.47. The molecule has 0 bridgehead atoms. The van der Waals surface area contributed by atoms with Crippen LogP contribution in [0.1, 0.15) is 18.5 Å². The molecule has 0 saturated carbocycles. The SMILES string of the molecule is C=CCCCOc1cc(C)nc(Cl)n1. The number of rotatable bonds is 5. The second-order valence-electron chi connectivity index (χ2n) is 2.90. The highest BCUT2D eigenvalue weighted by Crippen LogP contribution is 2.12. The van der Waals surface area contributed by atoms with Crippen molar-refractivity contribution >= 4 is 11.6 Å². The molecule has 0 N–H and O–H groups in total. The summed E-state index contributed by atoms with van der Waals surface area (Å²) in [6.45, 7) is 6.11. The van der Waals surface area contributed by atoms with Gasteiger partial charge in [-0.25, -0.2) is 4.98 Å². The average Bonchev–Trinajstić information content (AvgIpc) is 2.11. The zero-order chi connectivity index (χ0) is 10.4. The van der Waals surface area contributed by atoms with Gasteiger partial charge in [0.15, 0.2) is 0 Å². The summed E-state index contributed by atoms with van der Waals surface area (Å²) in [6.07, 6.45) is 3.74. The Bertz CT molecular complexity index is 295. The second-order valence-corrected chi connectivity index (χ2v) is 3.23. The summed E-state index contributed by atoms with van der Waals surface area (Å²) in [5.74, 6) is 0.534. The number of ether oxygens (including phenoxy) is 1. The molecule has 1 aromatic rings. The Balaban J connectivity index is 2.46. The molecular weight excluding hydrogens is 200 g/mol. The first-order valence-corrected chi connectivity index (χ1v) is 4.85. The molecule has 0 spiro atoms. The van der Waals surface area contributed by atoms with E-state index in [0.717, 1.165) is 18.5 Å². The Hall–Kier alpha value is -1.09. The van der Waals surface area contributed by atoms with Crippen LogP contribution in [0.3, 0.4) is 0 Å². The fourth-order valence-corrected chi connectivity index (χ4v) is 1.20. The van der Waals surface area contributed by atoms with Crippen LogP contribution >= 0.6 is 11.6 Å². The minimum atomic E-state index is 0.226. The zero-order valence-electron chi connectivity index (χ0n) is 8.16. The molecule has 4 heteroatoms. The number of hydrogen-bond acceptors (Lipinski definition) is 3. The standard InChI is InChI=1S/C10H13ClN2O/c1-3-4-5-6-14-9-7-8(2)12-10(11)13-9/h3,7H,1,4-6H2,2H3. The van der Waals surface area contributed by atoms with Gasteiger partial charge in [-0.3, -0.25) is 0 Å². The van der Waals surface area contributed by atoms with E-state index in [1.807, 2.05) is 13.0 Å². The lowest BCUT2D eigenvalue weighted by molar-refractivity contribution is 0.299. The van der Waals surface area contributed by atoms with Gasteiger partial charge in [0.05, 0.1) is 6.61 Å². The van der Waals surface area contributed by atoms with Crippen molar-refractivity contribution in [1.29, 1.82) is 0 Å². The number of halogens is 1. The second kappa shape index (κ2) is 5.60. The highest BCUT2D eigenvalue weighted by molar-refractivity contribution is 6.28. The van der Waals surface area contributed by atoms with E-state index in [0.29, 0.717) is 12.5 Å². The number of allylic oxidation sites excluding steroid dienone is 1. The first-order chi connectivity index (χ1) is 6.72. The predicted molar refractivity (Wildman–Crippen MR) is 56.7 cm³/mol. The minimum absolute atomic E-state index is 0.226. The van der Waals surface area contributed by atoms with E-state index in [1.165, 1.54) is 0 Å². The molecule has 0 saturated heterocycles. The van der Waals surface area contributed by atoms with E-state index < -0.39 is 0 Å². The molecule has 0 unspecified atom stereocenters. The molecule has 0 amide bonds. The van der Waals surface area contributed by atoms with Crippen LogP contribution in [0, 0.1) is 6.92 Å². The topological polar surface area (TPSA) is 35.0 Å². The van der Waals surface area contributed by atoms with E-state index in [4.69, 9.17) is 16.3 Å². The monoisotopic (exact) mass is 212 g/mol. The summed E-state index contributed by atoms with van der Waals surface area (Å²) in [4.78, 5) is 7.87. The summed E-state index contributed by atoms with van der Waals surface area (Å²) in [7, 11) is 0. The normalized spacial score (nSPS) is 9.86. The van der Waals surface area contributed by atoms with Crippen LogP contribution in [0.4, 0.5) is 0 Å². The van der Waals surface area contributed by atoms with Crippen LogP contribution in [0.15, 0.2) is 18.7 Å². The van der Waals surface area contributed by atoms with Crippen LogP contribution in [-0.2, 0) is 0 Å². The van der Waals surface area contributed by atoms with Crippen molar-refractivity contribution in [3.63, 3.8) is 0 Å². The minimum Gasteiger partial charge on any atom is -0.478 e. The zero-order valence-corrected chi connectivity index (χ0v) is 8.92. The molecule has 3 nitrogen and oxygen atoms in total. The van der Waals surface area contributed by atoms with Crippen LogP contribution in [0.25, 0.3) is 0 Å². The van der Waals surface area contributed by atoms with Crippen molar-refractivity contribution in [3.05, 3.63) is 29.7 Å². The maximum Gasteiger partial charge on any atom is 0.225 e. The van der Waals surface area contributed by atoms with Crippen molar-refractivity contribution < 1.29 is 4.74 Å². The predicted octanol–water partition coefficient (Wildman–Crippen LogP) is 2.78. The van der Waals surface area contributed by atoms with E-state index in [2.05, 4.69) is 16.5 Å². The van der Waals surface area contributed by atoms with Gasteiger partial charge in [-0.2, -0.15) is 4.98 Å².